The maximum absolute atomic E-state index is 4.73. The fourth-order valence-corrected chi connectivity index (χ4v) is 4.37. The van der Waals surface area contributed by atoms with E-state index in [1.54, 1.807) is 10.4 Å². The van der Waals surface area contributed by atoms with Gasteiger partial charge in [-0.1, -0.05) is 6.07 Å². The highest BCUT2D eigenvalue weighted by atomic mass is 32.1. The maximum Gasteiger partial charge on any atom is 0.126 e. The highest BCUT2D eigenvalue weighted by molar-refractivity contribution is 7.12. The first-order valence-electron chi connectivity index (χ1n) is 7.21. The first kappa shape index (κ1) is 11.5. The van der Waals surface area contributed by atoms with Crippen molar-refractivity contribution in [1.82, 2.24) is 4.98 Å². The van der Waals surface area contributed by atoms with Gasteiger partial charge in [0.1, 0.15) is 5.82 Å². The molecule has 0 spiro atoms. The predicted molar refractivity (Wildman–Crippen MR) is 79.9 cm³/mol. The number of aromatic nitrogens is 1. The molecule has 2 aromatic rings. The highest BCUT2D eigenvalue weighted by Crippen LogP contribution is 2.31. The first-order chi connectivity index (χ1) is 9.38. The molecular weight excluding hydrogens is 252 g/mol. The molecule has 0 atom stereocenters. The molecule has 0 aliphatic heterocycles. The van der Waals surface area contributed by atoms with Crippen LogP contribution in [0.1, 0.15) is 39.4 Å². The number of nitrogens with one attached hydrogen (secondary N) is 1. The van der Waals surface area contributed by atoms with E-state index in [0.717, 1.165) is 18.8 Å². The molecule has 0 bridgehead atoms. The van der Waals surface area contributed by atoms with Gasteiger partial charge in [-0.25, -0.2) is 4.98 Å². The van der Waals surface area contributed by atoms with E-state index in [0.29, 0.717) is 0 Å². The lowest BCUT2D eigenvalue weighted by Crippen LogP contribution is -2.01. The molecule has 2 nitrogen and oxygen atoms in total. The van der Waals surface area contributed by atoms with Crippen molar-refractivity contribution in [1.29, 1.82) is 0 Å². The highest BCUT2D eigenvalue weighted by Gasteiger charge is 2.15. The Balaban J connectivity index is 1.46. The number of pyridine rings is 1. The van der Waals surface area contributed by atoms with Crippen molar-refractivity contribution in [2.75, 3.05) is 5.32 Å². The molecule has 0 saturated carbocycles. The van der Waals surface area contributed by atoms with Crippen LogP contribution in [0.2, 0.25) is 0 Å². The number of fused-ring (bicyclic) bond motifs is 2. The van der Waals surface area contributed by atoms with Crippen molar-refractivity contribution < 1.29 is 0 Å². The molecule has 0 fully saturated rings. The third-order valence-corrected chi connectivity index (χ3v) is 5.41. The minimum Gasteiger partial charge on any atom is -0.365 e. The molecule has 0 saturated heterocycles. The van der Waals surface area contributed by atoms with Gasteiger partial charge in [0.05, 0.1) is 6.54 Å². The van der Waals surface area contributed by atoms with Crippen LogP contribution in [0.15, 0.2) is 18.2 Å². The molecule has 4 rings (SSSR count). The van der Waals surface area contributed by atoms with E-state index < -0.39 is 0 Å². The molecule has 19 heavy (non-hydrogen) atoms. The molecule has 98 valence electrons. The average Bonchev–Trinajstić information content (AvgIpc) is 3.10. The lowest BCUT2D eigenvalue weighted by atomic mass is 10.2. The average molecular weight is 270 g/mol. The van der Waals surface area contributed by atoms with Crippen LogP contribution in [0.5, 0.6) is 0 Å². The zero-order valence-electron chi connectivity index (χ0n) is 11.0. The summed E-state index contributed by atoms with van der Waals surface area (Å²) in [5.74, 6) is 1.04. The largest absolute Gasteiger partial charge is 0.365 e. The Hall–Kier alpha value is -1.35. The number of thiophene rings is 1. The second-order valence-electron chi connectivity index (χ2n) is 5.52. The maximum atomic E-state index is 4.73. The fraction of sp³-hybridized carbons (Fsp3) is 0.438. The zero-order chi connectivity index (χ0) is 12.7. The molecule has 3 heteroatoms. The van der Waals surface area contributed by atoms with Gasteiger partial charge in [-0.3, -0.25) is 0 Å². The van der Waals surface area contributed by atoms with Crippen molar-refractivity contribution in [3.05, 3.63) is 44.8 Å². The Kier molecular flexibility index (Phi) is 2.80. The van der Waals surface area contributed by atoms with E-state index in [1.807, 2.05) is 11.3 Å². The van der Waals surface area contributed by atoms with Crippen molar-refractivity contribution in [3.8, 4) is 0 Å². The number of rotatable bonds is 3. The molecule has 0 radical (unpaired) electrons. The Morgan fingerprint density at radius 2 is 1.95 bits per heavy atom. The van der Waals surface area contributed by atoms with E-state index in [-0.39, 0.29) is 0 Å². The topological polar surface area (TPSA) is 24.9 Å². The van der Waals surface area contributed by atoms with Crippen molar-refractivity contribution in [2.24, 2.45) is 0 Å². The van der Waals surface area contributed by atoms with Gasteiger partial charge >= 0.3 is 0 Å². The summed E-state index contributed by atoms with van der Waals surface area (Å²) in [6, 6.07) is 6.75. The first-order valence-corrected chi connectivity index (χ1v) is 8.03. The Labute approximate surface area is 117 Å². The van der Waals surface area contributed by atoms with E-state index in [2.05, 4.69) is 23.5 Å². The van der Waals surface area contributed by atoms with Gasteiger partial charge in [0, 0.05) is 15.4 Å². The van der Waals surface area contributed by atoms with Crippen molar-refractivity contribution in [2.45, 2.75) is 45.1 Å². The predicted octanol–water partition coefficient (Wildman–Crippen LogP) is 3.73. The zero-order valence-corrected chi connectivity index (χ0v) is 11.9. The smallest absolute Gasteiger partial charge is 0.126 e. The van der Waals surface area contributed by atoms with Gasteiger partial charge < -0.3 is 5.32 Å². The normalized spacial score (nSPS) is 16.4. The van der Waals surface area contributed by atoms with Gasteiger partial charge in [-0.2, -0.15) is 0 Å². The SMILES string of the molecule is c1cc2c(nc1NCc1cc3c(s1)CCC3)CCC2. The fourth-order valence-electron chi connectivity index (χ4n) is 3.17. The second kappa shape index (κ2) is 4.64. The van der Waals surface area contributed by atoms with Crippen LogP contribution in [0, 0.1) is 0 Å². The standard InChI is InChI=1S/C16H18N2S/c1-3-11-7-8-16(18-14(11)5-1)17-10-13-9-12-4-2-6-15(12)19-13/h7-9H,1-6,10H2,(H,17,18). The summed E-state index contributed by atoms with van der Waals surface area (Å²) in [5.41, 5.74) is 4.34. The van der Waals surface area contributed by atoms with E-state index in [9.17, 15) is 0 Å². The van der Waals surface area contributed by atoms with Crippen LogP contribution in [0.3, 0.4) is 0 Å². The monoisotopic (exact) mass is 270 g/mol. The summed E-state index contributed by atoms with van der Waals surface area (Å²) in [4.78, 5) is 7.79. The molecule has 2 aromatic heterocycles. The van der Waals surface area contributed by atoms with Crippen LogP contribution in [0.4, 0.5) is 5.82 Å². The van der Waals surface area contributed by atoms with Crippen LogP contribution >= 0.6 is 11.3 Å². The van der Waals surface area contributed by atoms with Gasteiger partial charge in [0.25, 0.3) is 0 Å². The Morgan fingerprint density at radius 1 is 1.05 bits per heavy atom. The van der Waals surface area contributed by atoms with Crippen LogP contribution in [0.25, 0.3) is 0 Å². The Morgan fingerprint density at radius 3 is 2.89 bits per heavy atom. The molecular formula is C16H18N2S. The number of aryl methyl sites for hydroxylation is 4. The number of hydrogen-bond donors (Lipinski definition) is 1. The van der Waals surface area contributed by atoms with Gasteiger partial charge in [-0.15, -0.1) is 11.3 Å². The van der Waals surface area contributed by atoms with Crippen molar-refractivity contribution in [3.63, 3.8) is 0 Å². The number of nitrogens with zero attached hydrogens (tertiary/aromatic N) is 1. The summed E-state index contributed by atoms with van der Waals surface area (Å²) in [6.07, 6.45) is 7.54. The van der Waals surface area contributed by atoms with E-state index in [4.69, 9.17) is 4.98 Å². The van der Waals surface area contributed by atoms with Crippen molar-refractivity contribution >= 4 is 17.2 Å². The van der Waals surface area contributed by atoms with Gasteiger partial charge in [-0.05, 0) is 61.8 Å². The quantitative estimate of drug-likeness (QED) is 0.919. The molecule has 2 aliphatic rings. The third-order valence-electron chi connectivity index (χ3n) is 4.17. The summed E-state index contributed by atoms with van der Waals surface area (Å²) in [7, 11) is 0. The van der Waals surface area contributed by atoms with Gasteiger partial charge in [0.2, 0.25) is 0 Å². The van der Waals surface area contributed by atoms with E-state index >= 15 is 0 Å². The minimum atomic E-state index is 0.920. The summed E-state index contributed by atoms with van der Waals surface area (Å²) in [5, 5.41) is 3.48. The number of hydrogen-bond acceptors (Lipinski definition) is 3. The van der Waals surface area contributed by atoms with Crippen LogP contribution < -0.4 is 5.32 Å². The van der Waals surface area contributed by atoms with Crippen LogP contribution in [-0.2, 0) is 32.2 Å². The third kappa shape index (κ3) is 2.16. The second-order valence-corrected chi connectivity index (χ2v) is 6.75. The molecule has 2 aliphatic carbocycles. The summed E-state index contributed by atoms with van der Waals surface area (Å²) < 4.78 is 0. The molecule has 0 amide bonds. The van der Waals surface area contributed by atoms with Gasteiger partial charge in [0.15, 0.2) is 0 Å². The summed E-state index contributed by atoms with van der Waals surface area (Å²) in [6.45, 7) is 0.920. The van der Waals surface area contributed by atoms with E-state index in [1.165, 1.54) is 48.2 Å². The molecule has 1 N–H and O–H groups in total. The van der Waals surface area contributed by atoms with Crippen LogP contribution in [-0.4, -0.2) is 4.98 Å². The number of anilines is 1. The molecule has 2 heterocycles. The Bertz CT molecular complexity index is 594. The lowest BCUT2D eigenvalue weighted by molar-refractivity contribution is 0.899. The molecule has 0 unspecified atom stereocenters. The minimum absolute atomic E-state index is 0.920. The summed E-state index contributed by atoms with van der Waals surface area (Å²) >= 11 is 1.98. The lowest BCUT2D eigenvalue weighted by Gasteiger charge is -2.06. The molecule has 0 aromatic carbocycles.